The van der Waals surface area contributed by atoms with Crippen molar-refractivity contribution in [3.05, 3.63) is 11.4 Å². The molecule has 0 saturated heterocycles. The van der Waals surface area contributed by atoms with Gasteiger partial charge in [0.05, 0.1) is 5.69 Å². The summed E-state index contributed by atoms with van der Waals surface area (Å²) in [5, 5.41) is 19.6. The van der Waals surface area contributed by atoms with Gasteiger partial charge in [-0.3, -0.25) is 4.79 Å². The lowest BCUT2D eigenvalue weighted by Gasteiger charge is -2.16. The highest BCUT2D eigenvalue weighted by atomic mass is 16.4. The van der Waals surface area contributed by atoms with E-state index in [1.54, 1.807) is 6.92 Å². The normalized spacial score (nSPS) is 12.7. The summed E-state index contributed by atoms with van der Waals surface area (Å²) in [6.45, 7) is 10.2. The Morgan fingerprint density at radius 3 is 2.29 bits per heavy atom. The van der Waals surface area contributed by atoms with Gasteiger partial charge in [-0.2, -0.15) is 0 Å². The lowest BCUT2D eigenvalue weighted by Crippen LogP contribution is -2.34. The number of carbonyl (C=O) groups excluding carboxylic acids is 1. The van der Waals surface area contributed by atoms with Gasteiger partial charge in [-0.1, -0.05) is 32.9 Å². The Bertz CT molecular complexity index is 508. The van der Waals surface area contributed by atoms with E-state index in [4.69, 9.17) is 0 Å². The minimum Gasteiger partial charge on any atom is -0.476 e. The molecule has 1 aromatic rings. The summed E-state index contributed by atoms with van der Waals surface area (Å²) < 4.78 is 1.42. The van der Waals surface area contributed by atoms with E-state index in [9.17, 15) is 14.7 Å². The average Bonchev–Trinajstić information content (AvgIpc) is 2.77. The summed E-state index contributed by atoms with van der Waals surface area (Å²) in [5.41, 5.74) is 0.414. The van der Waals surface area contributed by atoms with Gasteiger partial charge in [0, 0.05) is 6.54 Å². The zero-order chi connectivity index (χ0) is 16.2. The molecular weight excluding hydrogens is 272 g/mol. The monoisotopic (exact) mass is 296 g/mol. The molecule has 0 aliphatic heterocycles. The number of amides is 1. The first-order chi connectivity index (χ1) is 9.73. The fourth-order valence-electron chi connectivity index (χ4n) is 1.93. The van der Waals surface area contributed by atoms with Crippen LogP contribution in [0.3, 0.4) is 0 Å². The Morgan fingerprint density at radius 1 is 1.19 bits per heavy atom. The Labute approximate surface area is 124 Å². The topological polar surface area (TPSA) is 97.1 Å². The van der Waals surface area contributed by atoms with E-state index < -0.39 is 12.0 Å². The maximum Gasteiger partial charge on any atom is 0.358 e. The third kappa shape index (κ3) is 4.54. The van der Waals surface area contributed by atoms with Crippen molar-refractivity contribution >= 4 is 11.9 Å². The number of carbonyl (C=O) groups is 2. The van der Waals surface area contributed by atoms with E-state index in [-0.39, 0.29) is 17.5 Å². The zero-order valence-corrected chi connectivity index (χ0v) is 13.3. The number of carboxylic acid groups (broad SMARTS) is 1. The number of carboxylic acids is 1. The fraction of sp³-hybridized carbons (Fsp3) is 0.714. The number of aromatic carboxylic acids is 1. The highest BCUT2D eigenvalue weighted by molar-refractivity contribution is 5.87. The lowest BCUT2D eigenvalue weighted by molar-refractivity contribution is -0.124. The van der Waals surface area contributed by atoms with E-state index in [2.05, 4.69) is 15.6 Å². The van der Waals surface area contributed by atoms with Crippen molar-refractivity contribution in [2.75, 3.05) is 6.54 Å². The van der Waals surface area contributed by atoms with Gasteiger partial charge in [-0.15, -0.1) is 5.10 Å². The van der Waals surface area contributed by atoms with Crippen molar-refractivity contribution < 1.29 is 14.7 Å². The van der Waals surface area contributed by atoms with Crippen LogP contribution >= 0.6 is 0 Å². The van der Waals surface area contributed by atoms with Crippen molar-refractivity contribution in [2.45, 2.75) is 47.1 Å². The predicted octanol–water partition coefficient (Wildman–Crippen LogP) is 1.51. The van der Waals surface area contributed by atoms with Crippen LogP contribution in [0, 0.1) is 11.8 Å². The summed E-state index contributed by atoms with van der Waals surface area (Å²) in [5.74, 6) is -0.713. The lowest BCUT2D eigenvalue weighted by atomic mass is 10.1. The molecule has 7 heteroatoms. The van der Waals surface area contributed by atoms with Crippen LogP contribution in [-0.2, 0) is 11.2 Å². The SMILES string of the molecule is CC(C)CNC(=O)C(C)n1nnc(C(=O)O)c1CC(C)C. The number of nitrogens with zero attached hydrogens (tertiary/aromatic N) is 3. The molecule has 0 bridgehead atoms. The second-order valence-electron chi connectivity index (χ2n) is 6.05. The molecule has 21 heavy (non-hydrogen) atoms. The molecule has 118 valence electrons. The molecule has 1 atom stereocenters. The molecule has 1 amide bonds. The Kier molecular flexibility index (Phi) is 5.87. The van der Waals surface area contributed by atoms with Gasteiger partial charge in [0.1, 0.15) is 6.04 Å². The predicted molar refractivity (Wildman–Crippen MR) is 78.1 cm³/mol. The van der Waals surface area contributed by atoms with Gasteiger partial charge >= 0.3 is 5.97 Å². The first-order valence-corrected chi connectivity index (χ1v) is 7.19. The van der Waals surface area contributed by atoms with Crippen LogP contribution in [-0.4, -0.2) is 38.5 Å². The van der Waals surface area contributed by atoms with Crippen LogP contribution in [0.4, 0.5) is 0 Å². The van der Waals surface area contributed by atoms with E-state index in [0.29, 0.717) is 24.6 Å². The molecule has 2 N–H and O–H groups in total. The number of nitrogens with one attached hydrogen (secondary N) is 1. The summed E-state index contributed by atoms with van der Waals surface area (Å²) in [6.07, 6.45) is 0.510. The minimum absolute atomic E-state index is 0.0767. The van der Waals surface area contributed by atoms with Crippen molar-refractivity contribution in [3.8, 4) is 0 Å². The van der Waals surface area contributed by atoms with Crippen LogP contribution in [0.1, 0.15) is 56.8 Å². The number of rotatable bonds is 7. The second-order valence-corrected chi connectivity index (χ2v) is 6.05. The van der Waals surface area contributed by atoms with Crippen molar-refractivity contribution in [1.82, 2.24) is 20.3 Å². The summed E-state index contributed by atoms with van der Waals surface area (Å²) in [7, 11) is 0. The van der Waals surface area contributed by atoms with Crippen molar-refractivity contribution in [2.24, 2.45) is 11.8 Å². The Morgan fingerprint density at radius 2 is 1.81 bits per heavy atom. The van der Waals surface area contributed by atoms with Gasteiger partial charge in [0.2, 0.25) is 5.91 Å². The van der Waals surface area contributed by atoms with E-state index in [1.165, 1.54) is 4.68 Å². The van der Waals surface area contributed by atoms with Crippen LogP contribution < -0.4 is 5.32 Å². The Hall–Kier alpha value is -1.92. The first-order valence-electron chi connectivity index (χ1n) is 7.19. The van der Waals surface area contributed by atoms with Crippen molar-refractivity contribution in [1.29, 1.82) is 0 Å². The standard InChI is InChI=1S/C14H24N4O3/c1-8(2)6-11-12(14(20)21)16-17-18(11)10(5)13(19)15-7-9(3)4/h8-10H,6-7H2,1-5H3,(H,15,19)(H,20,21). The fourth-order valence-corrected chi connectivity index (χ4v) is 1.93. The molecule has 1 rings (SSSR count). The number of hydrogen-bond acceptors (Lipinski definition) is 4. The maximum absolute atomic E-state index is 12.1. The Balaban J connectivity index is 3.00. The maximum atomic E-state index is 12.1. The van der Waals surface area contributed by atoms with E-state index in [0.717, 1.165) is 0 Å². The van der Waals surface area contributed by atoms with Gasteiger partial charge in [0.15, 0.2) is 5.69 Å². The molecule has 0 aliphatic rings. The third-order valence-corrected chi connectivity index (χ3v) is 3.03. The molecular formula is C14H24N4O3. The van der Waals surface area contributed by atoms with Crippen LogP contribution in [0.25, 0.3) is 0 Å². The third-order valence-electron chi connectivity index (χ3n) is 3.03. The summed E-state index contributed by atoms with van der Waals surface area (Å²) in [6, 6.07) is -0.585. The summed E-state index contributed by atoms with van der Waals surface area (Å²) >= 11 is 0. The number of aromatic nitrogens is 3. The van der Waals surface area contributed by atoms with E-state index in [1.807, 2.05) is 27.7 Å². The molecule has 0 radical (unpaired) electrons. The van der Waals surface area contributed by atoms with Crippen LogP contribution in [0.2, 0.25) is 0 Å². The zero-order valence-electron chi connectivity index (χ0n) is 13.3. The number of hydrogen-bond donors (Lipinski definition) is 2. The molecule has 7 nitrogen and oxygen atoms in total. The molecule has 1 heterocycles. The molecule has 1 aromatic heterocycles. The van der Waals surface area contributed by atoms with E-state index >= 15 is 0 Å². The molecule has 0 saturated carbocycles. The molecule has 1 unspecified atom stereocenters. The molecule has 0 fully saturated rings. The molecule has 0 spiro atoms. The molecule has 0 aliphatic carbocycles. The quantitative estimate of drug-likeness (QED) is 0.795. The first kappa shape index (κ1) is 17.1. The second kappa shape index (κ2) is 7.19. The van der Waals surface area contributed by atoms with Crippen LogP contribution in [0.15, 0.2) is 0 Å². The van der Waals surface area contributed by atoms with Crippen LogP contribution in [0.5, 0.6) is 0 Å². The van der Waals surface area contributed by atoms with Gasteiger partial charge < -0.3 is 10.4 Å². The van der Waals surface area contributed by atoms with Gasteiger partial charge in [0.25, 0.3) is 0 Å². The largest absolute Gasteiger partial charge is 0.476 e. The summed E-state index contributed by atoms with van der Waals surface area (Å²) in [4.78, 5) is 23.3. The molecule has 0 aromatic carbocycles. The highest BCUT2D eigenvalue weighted by Crippen LogP contribution is 2.16. The van der Waals surface area contributed by atoms with Gasteiger partial charge in [-0.05, 0) is 25.2 Å². The highest BCUT2D eigenvalue weighted by Gasteiger charge is 2.25. The van der Waals surface area contributed by atoms with Gasteiger partial charge in [-0.25, -0.2) is 9.48 Å². The van der Waals surface area contributed by atoms with Crippen molar-refractivity contribution in [3.63, 3.8) is 0 Å². The smallest absolute Gasteiger partial charge is 0.358 e. The minimum atomic E-state index is -1.12. The average molecular weight is 296 g/mol.